The lowest BCUT2D eigenvalue weighted by Gasteiger charge is -2.35. The van der Waals surface area contributed by atoms with Crippen LogP contribution in [0.2, 0.25) is 8.67 Å². The van der Waals surface area contributed by atoms with Crippen molar-refractivity contribution in [1.29, 1.82) is 0 Å². The molecule has 2 fully saturated rings. The largest absolute Gasteiger partial charge is 0.371 e. The summed E-state index contributed by atoms with van der Waals surface area (Å²) in [4.78, 5) is 0. The highest BCUT2D eigenvalue weighted by atomic mass is 35.5. The van der Waals surface area contributed by atoms with Crippen molar-refractivity contribution in [3.63, 3.8) is 0 Å². The first-order valence-electron chi connectivity index (χ1n) is 6.96. The molecule has 0 radical (unpaired) electrons. The molecule has 106 valence electrons. The van der Waals surface area contributed by atoms with E-state index < -0.39 is 0 Å². The summed E-state index contributed by atoms with van der Waals surface area (Å²) in [5.74, 6) is 0. The smallest absolute Gasteiger partial charge is 0.100 e. The van der Waals surface area contributed by atoms with Gasteiger partial charge in [0.15, 0.2) is 0 Å². The van der Waals surface area contributed by atoms with E-state index in [1.165, 1.54) is 43.4 Å². The molecule has 2 nitrogen and oxygen atoms in total. The molecule has 1 unspecified atom stereocenters. The molecule has 1 N–H and O–H groups in total. The average Bonchev–Trinajstić information content (AvgIpc) is 2.61. The van der Waals surface area contributed by atoms with Crippen molar-refractivity contribution in [3.8, 4) is 0 Å². The van der Waals surface area contributed by atoms with Gasteiger partial charge in [-0.3, -0.25) is 0 Å². The first-order chi connectivity index (χ1) is 9.19. The third-order valence-electron chi connectivity index (χ3n) is 4.36. The van der Waals surface area contributed by atoms with Crippen LogP contribution in [0.4, 0.5) is 0 Å². The van der Waals surface area contributed by atoms with E-state index in [4.69, 9.17) is 27.9 Å². The minimum Gasteiger partial charge on any atom is -0.371 e. The molecule has 1 aliphatic carbocycles. The fourth-order valence-electron chi connectivity index (χ4n) is 3.25. The maximum absolute atomic E-state index is 6.24. The zero-order chi connectivity index (χ0) is 13.3. The molecule has 2 heterocycles. The standard InChI is InChI=1S/C14H19Cl2NOS/c15-12-6-10(13(16)19-12)11-7-17-8-14(9-18-11)4-2-1-3-5-14/h6,11,17H,1-5,7-9H2. The Morgan fingerprint density at radius 2 is 2.05 bits per heavy atom. The fraction of sp³-hybridized carbons (Fsp3) is 0.714. The first-order valence-corrected chi connectivity index (χ1v) is 8.53. The van der Waals surface area contributed by atoms with Crippen LogP contribution in [-0.2, 0) is 4.74 Å². The van der Waals surface area contributed by atoms with Crippen molar-refractivity contribution < 1.29 is 4.74 Å². The van der Waals surface area contributed by atoms with Gasteiger partial charge >= 0.3 is 0 Å². The monoisotopic (exact) mass is 319 g/mol. The van der Waals surface area contributed by atoms with Gasteiger partial charge < -0.3 is 10.1 Å². The molecular formula is C14H19Cl2NOS. The molecule has 2 aliphatic rings. The van der Waals surface area contributed by atoms with Gasteiger partial charge in [0.25, 0.3) is 0 Å². The van der Waals surface area contributed by atoms with Crippen LogP contribution in [0.3, 0.4) is 0 Å². The third kappa shape index (κ3) is 3.11. The minimum absolute atomic E-state index is 0.0394. The number of hydrogen-bond acceptors (Lipinski definition) is 3. The Hall–Kier alpha value is 0.200. The molecule has 1 saturated carbocycles. The Bertz CT molecular complexity index is 443. The van der Waals surface area contributed by atoms with E-state index in [0.29, 0.717) is 5.41 Å². The van der Waals surface area contributed by atoms with E-state index in [2.05, 4.69) is 5.32 Å². The normalized spacial score (nSPS) is 27.4. The highest BCUT2D eigenvalue weighted by Gasteiger charge is 2.35. The Morgan fingerprint density at radius 3 is 2.74 bits per heavy atom. The summed E-state index contributed by atoms with van der Waals surface area (Å²) in [7, 11) is 0. The summed E-state index contributed by atoms with van der Waals surface area (Å²) in [6.07, 6.45) is 6.64. The topological polar surface area (TPSA) is 21.3 Å². The zero-order valence-corrected chi connectivity index (χ0v) is 13.2. The van der Waals surface area contributed by atoms with Gasteiger partial charge in [0.2, 0.25) is 0 Å². The molecule has 1 atom stereocenters. The van der Waals surface area contributed by atoms with Crippen LogP contribution in [0.15, 0.2) is 6.07 Å². The summed E-state index contributed by atoms with van der Waals surface area (Å²) >= 11 is 13.7. The van der Waals surface area contributed by atoms with Crippen molar-refractivity contribution in [2.24, 2.45) is 5.41 Å². The third-order valence-corrected chi connectivity index (χ3v) is 5.88. The maximum Gasteiger partial charge on any atom is 0.100 e. The number of hydrogen-bond donors (Lipinski definition) is 1. The van der Waals surface area contributed by atoms with E-state index >= 15 is 0 Å². The number of ether oxygens (including phenoxy) is 1. The fourth-order valence-corrected chi connectivity index (χ4v) is 4.81. The highest BCUT2D eigenvalue weighted by Crippen LogP contribution is 2.41. The predicted molar refractivity (Wildman–Crippen MR) is 81.4 cm³/mol. The second-order valence-corrected chi connectivity index (χ2v) is 8.06. The SMILES string of the molecule is Clc1cc(C2CNCC3(CCCCC3)CO2)c(Cl)s1. The summed E-state index contributed by atoms with van der Waals surface area (Å²) in [6.45, 7) is 2.74. The van der Waals surface area contributed by atoms with Gasteiger partial charge in [-0.05, 0) is 18.9 Å². The second-order valence-electron chi connectivity index (χ2n) is 5.77. The summed E-state index contributed by atoms with van der Waals surface area (Å²) in [5.41, 5.74) is 1.39. The summed E-state index contributed by atoms with van der Waals surface area (Å²) in [6, 6.07) is 1.94. The van der Waals surface area contributed by atoms with Gasteiger partial charge in [0.1, 0.15) is 4.34 Å². The van der Waals surface area contributed by atoms with Crippen LogP contribution in [0.5, 0.6) is 0 Å². The van der Waals surface area contributed by atoms with E-state index in [1.54, 1.807) is 0 Å². The van der Waals surface area contributed by atoms with E-state index in [9.17, 15) is 0 Å². The van der Waals surface area contributed by atoms with Gasteiger partial charge in [0, 0.05) is 24.1 Å². The van der Waals surface area contributed by atoms with Crippen molar-refractivity contribution in [1.82, 2.24) is 5.32 Å². The number of halogens is 2. The molecule has 0 amide bonds. The highest BCUT2D eigenvalue weighted by molar-refractivity contribution is 7.20. The van der Waals surface area contributed by atoms with Crippen molar-refractivity contribution in [2.45, 2.75) is 38.2 Å². The molecule has 1 aliphatic heterocycles. The van der Waals surface area contributed by atoms with Crippen LogP contribution in [0.25, 0.3) is 0 Å². The van der Waals surface area contributed by atoms with Gasteiger partial charge in [-0.25, -0.2) is 0 Å². The molecule has 3 rings (SSSR count). The lowest BCUT2D eigenvalue weighted by atomic mass is 9.75. The predicted octanol–water partition coefficient (Wildman–Crippen LogP) is 4.67. The first kappa shape index (κ1) is 14.2. The molecule has 0 aromatic carbocycles. The number of rotatable bonds is 1. The molecule has 19 heavy (non-hydrogen) atoms. The van der Waals surface area contributed by atoms with Gasteiger partial charge in [-0.1, -0.05) is 42.5 Å². The molecule has 1 spiro atoms. The van der Waals surface area contributed by atoms with Gasteiger partial charge in [-0.2, -0.15) is 0 Å². The minimum atomic E-state index is 0.0394. The zero-order valence-electron chi connectivity index (χ0n) is 10.9. The van der Waals surface area contributed by atoms with Crippen molar-refractivity contribution >= 4 is 34.5 Å². The lowest BCUT2D eigenvalue weighted by molar-refractivity contribution is -0.00120. The molecule has 1 aromatic rings. The van der Waals surface area contributed by atoms with Crippen LogP contribution >= 0.6 is 34.5 Å². The van der Waals surface area contributed by atoms with E-state index in [1.807, 2.05) is 6.07 Å². The van der Waals surface area contributed by atoms with Gasteiger partial charge in [0.05, 0.1) is 17.0 Å². The van der Waals surface area contributed by atoms with Crippen molar-refractivity contribution in [2.75, 3.05) is 19.7 Å². The van der Waals surface area contributed by atoms with E-state index in [-0.39, 0.29) is 6.10 Å². The van der Waals surface area contributed by atoms with Crippen LogP contribution < -0.4 is 5.32 Å². The quantitative estimate of drug-likeness (QED) is 0.812. The Labute approximate surface area is 128 Å². The lowest BCUT2D eigenvalue weighted by Crippen LogP contribution is -2.37. The summed E-state index contributed by atoms with van der Waals surface area (Å²) in [5, 5.41) is 3.57. The Kier molecular flexibility index (Phi) is 4.40. The number of nitrogens with one attached hydrogen (secondary N) is 1. The molecular weight excluding hydrogens is 301 g/mol. The van der Waals surface area contributed by atoms with E-state index in [0.717, 1.165) is 33.9 Å². The molecule has 1 saturated heterocycles. The molecule has 1 aromatic heterocycles. The number of thiophene rings is 1. The van der Waals surface area contributed by atoms with Crippen LogP contribution in [0, 0.1) is 5.41 Å². The Balaban J connectivity index is 1.72. The van der Waals surface area contributed by atoms with Crippen LogP contribution in [-0.4, -0.2) is 19.7 Å². The second kappa shape index (κ2) is 5.90. The Morgan fingerprint density at radius 1 is 1.26 bits per heavy atom. The molecule has 0 bridgehead atoms. The maximum atomic E-state index is 6.24. The van der Waals surface area contributed by atoms with Crippen molar-refractivity contribution in [3.05, 3.63) is 20.3 Å². The average molecular weight is 320 g/mol. The van der Waals surface area contributed by atoms with Gasteiger partial charge in [-0.15, -0.1) is 11.3 Å². The summed E-state index contributed by atoms with van der Waals surface area (Å²) < 4.78 is 7.67. The van der Waals surface area contributed by atoms with Crippen LogP contribution in [0.1, 0.15) is 43.8 Å². The molecule has 5 heteroatoms.